The molecular weight excluding hydrogens is 292 g/mol. The summed E-state index contributed by atoms with van der Waals surface area (Å²) in [5, 5.41) is 8.91. The summed E-state index contributed by atoms with van der Waals surface area (Å²) in [6, 6.07) is 18.0. The van der Waals surface area contributed by atoms with Gasteiger partial charge < -0.3 is 9.88 Å². The average Bonchev–Trinajstić information content (AvgIpc) is 2.85. The molecule has 2 N–H and O–H groups in total. The Bertz CT molecular complexity index is 821. The molecule has 1 heterocycles. The second-order valence-corrected chi connectivity index (χ2v) is 5.31. The minimum absolute atomic E-state index is 0.461. The van der Waals surface area contributed by atoms with Gasteiger partial charge in [-0.2, -0.15) is 5.10 Å². The third-order valence-corrected chi connectivity index (χ3v) is 3.52. The highest BCUT2D eigenvalue weighted by atomic mass is 32.1. The van der Waals surface area contributed by atoms with Crippen LogP contribution in [0.3, 0.4) is 0 Å². The Morgan fingerprint density at radius 2 is 1.82 bits per heavy atom. The monoisotopic (exact) mass is 308 g/mol. The normalized spacial score (nSPS) is 11.0. The van der Waals surface area contributed by atoms with Gasteiger partial charge in [0.05, 0.1) is 6.21 Å². The van der Waals surface area contributed by atoms with Gasteiger partial charge in [-0.1, -0.05) is 36.4 Å². The van der Waals surface area contributed by atoms with Crippen molar-refractivity contribution < 1.29 is 0 Å². The first-order valence-corrected chi connectivity index (χ1v) is 7.34. The van der Waals surface area contributed by atoms with Crippen molar-refractivity contribution in [2.45, 2.75) is 0 Å². The fourth-order valence-corrected chi connectivity index (χ4v) is 2.49. The van der Waals surface area contributed by atoms with Gasteiger partial charge >= 0.3 is 0 Å². The Morgan fingerprint density at radius 3 is 2.64 bits per heavy atom. The number of rotatable bonds is 3. The van der Waals surface area contributed by atoms with E-state index in [0.29, 0.717) is 5.11 Å². The van der Waals surface area contributed by atoms with Gasteiger partial charge in [0.25, 0.3) is 0 Å². The molecule has 0 aliphatic carbocycles. The number of thiocarbonyl (C=S) groups is 1. The number of anilines is 1. The Balaban J connectivity index is 1.67. The van der Waals surface area contributed by atoms with Gasteiger partial charge in [0, 0.05) is 35.4 Å². The fourth-order valence-electron chi connectivity index (χ4n) is 2.32. The number of hydrazone groups is 1. The zero-order chi connectivity index (χ0) is 15.4. The lowest BCUT2D eigenvalue weighted by molar-refractivity contribution is 0.967. The van der Waals surface area contributed by atoms with Crippen LogP contribution in [0.25, 0.3) is 10.9 Å². The van der Waals surface area contributed by atoms with Gasteiger partial charge in [0.2, 0.25) is 0 Å². The summed E-state index contributed by atoms with van der Waals surface area (Å²) in [4.78, 5) is 0. The van der Waals surface area contributed by atoms with Gasteiger partial charge in [-0.15, -0.1) is 0 Å². The smallest absolute Gasteiger partial charge is 0.191 e. The summed E-state index contributed by atoms with van der Waals surface area (Å²) < 4.78 is 2.08. The van der Waals surface area contributed by atoms with Crippen molar-refractivity contribution in [1.29, 1.82) is 0 Å². The number of aryl methyl sites for hydroxylation is 1. The van der Waals surface area contributed by atoms with Crippen molar-refractivity contribution in [3.63, 3.8) is 0 Å². The first-order valence-electron chi connectivity index (χ1n) is 6.93. The minimum Gasteiger partial charge on any atom is -0.350 e. The first kappa shape index (κ1) is 14.3. The molecule has 4 nitrogen and oxygen atoms in total. The number of aromatic nitrogens is 1. The molecular formula is C17H16N4S. The van der Waals surface area contributed by atoms with E-state index < -0.39 is 0 Å². The summed E-state index contributed by atoms with van der Waals surface area (Å²) in [5.74, 6) is 0. The van der Waals surface area contributed by atoms with Crippen LogP contribution < -0.4 is 10.7 Å². The number of hydrogen-bond donors (Lipinski definition) is 2. The highest BCUT2D eigenvalue weighted by Gasteiger charge is 2.03. The van der Waals surface area contributed by atoms with E-state index >= 15 is 0 Å². The maximum absolute atomic E-state index is 5.21. The molecule has 110 valence electrons. The van der Waals surface area contributed by atoms with Gasteiger partial charge in [-0.25, -0.2) is 0 Å². The highest BCUT2D eigenvalue weighted by molar-refractivity contribution is 7.80. The van der Waals surface area contributed by atoms with Crippen LogP contribution in [0.5, 0.6) is 0 Å². The number of nitrogens with one attached hydrogen (secondary N) is 2. The number of benzene rings is 2. The van der Waals surface area contributed by atoms with Crippen molar-refractivity contribution in [3.05, 3.63) is 66.4 Å². The molecule has 22 heavy (non-hydrogen) atoms. The standard InChI is InChI=1S/C17H16N4S/c1-21-12-13(15-9-5-6-10-16(15)21)11-18-20-17(22)19-14-7-3-2-4-8-14/h2-12H,1H3,(H2,19,20,22)/b18-11+. The average molecular weight is 308 g/mol. The van der Waals surface area contributed by atoms with Crippen LogP contribution in [0.2, 0.25) is 0 Å². The summed E-state index contributed by atoms with van der Waals surface area (Å²) in [5.41, 5.74) is 5.99. The molecule has 0 spiro atoms. The molecule has 0 aliphatic rings. The van der Waals surface area contributed by atoms with Crippen molar-refractivity contribution in [2.75, 3.05) is 5.32 Å². The largest absolute Gasteiger partial charge is 0.350 e. The van der Waals surface area contributed by atoms with Crippen molar-refractivity contribution in [1.82, 2.24) is 9.99 Å². The van der Waals surface area contributed by atoms with Crippen LogP contribution in [-0.2, 0) is 7.05 Å². The molecule has 5 heteroatoms. The van der Waals surface area contributed by atoms with Crippen molar-refractivity contribution in [2.24, 2.45) is 12.1 Å². The molecule has 3 rings (SSSR count). The van der Waals surface area contributed by atoms with E-state index in [1.807, 2.05) is 55.7 Å². The summed E-state index contributed by atoms with van der Waals surface area (Å²) >= 11 is 5.21. The third kappa shape index (κ3) is 3.15. The molecule has 0 fully saturated rings. The van der Waals surface area contributed by atoms with Crippen LogP contribution in [-0.4, -0.2) is 15.9 Å². The van der Waals surface area contributed by atoms with E-state index in [1.165, 1.54) is 5.52 Å². The van der Waals surface area contributed by atoms with Crippen LogP contribution in [0.15, 0.2) is 65.9 Å². The molecule has 1 aromatic heterocycles. The SMILES string of the molecule is Cn1cc(/C=N/NC(=S)Nc2ccccc2)c2ccccc21. The van der Waals surface area contributed by atoms with E-state index in [-0.39, 0.29) is 0 Å². The predicted molar refractivity (Wildman–Crippen MR) is 96.3 cm³/mol. The lowest BCUT2D eigenvalue weighted by atomic mass is 10.2. The van der Waals surface area contributed by atoms with E-state index in [1.54, 1.807) is 6.21 Å². The Hall–Kier alpha value is -2.66. The Morgan fingerprint density at radius 1 is 1.09 bits per heavy atom. The number of hydrogen-bond acceptors (Lipinski definition) is 2. The molecule has 0 saturated carbocycles. The van der Waals surface area contributed by atoms with E-state index in [9.17, 15) is 0 Å². The van der Waals surface area contributed by atoms with Gasteiger partial charge in [-0.05, 0) is 30.4 Å². The molecule has 0 unspecified atom stereocenters. The second kappa shape index (κ2) is 6.41. The van der Waals surface area contributed by atoms with E-state index in [0.717, 1.165) is 16.6 Å². The lowest BCUT2D eigenvalue weighted by Gasteiger charge is -2.05. The van der Waals surface area contributed by atoms with Crippen molar-refractivity contribution in [3.8, 4) is 0 Å². The maximum atomic E-state index is 5.21. The molecule has 0 radical (unpaired) electrons. The third-order valence-electron chi connectivity index (χ3n) is 3.33. The number of para-hydroxylation sites is 2. The molecule has 0 amide bonds. The Kier molecular flexibility index (Phi) is 4.16. The van der Waals surface area contributed by atoms with Gasteiger partial charge in [0.15, 0.2) is 5.11 Å². The molecule has 3 aromatic rings. The zero-order valence-electron chi connectivity index (χ0n) is 12.2. The maximum Gasteiger partial charge on any atom is 0.191 e. The molecule has 0 atom stereocenters. The topological polar surface area (TPSA) is 41.4 Å². The van der Waals surface area contributed by atoms with Crippen LogP contribution in [0, 0.1) is 0 Å². The molecule has 2 aromatic carbocycles. The molecule has 0 saturated heterocycles. The van der Waals surface area contributed by atoms with Crippen molar-refractivity contribution >= 4 is 40.1 Å². The molecule has 0 bridgehead atoms. The summed E-state index contributed by atoms with van der Waals surface area (Å²) in [6.45, 7) is 0. The summed E-state index contributed by atoms with van der Waals surface area (Å²) in [7, 11) is 2.02. The van der Waals surface area contributed by atoms with Crippen LogP contribution in [0.1, 0.15) is 5.56 Å². The zero-order valence-corrected chi connectivity index (χ0v) is 13.0. The predicted octanol–water partition coefficient (Wildman–Crippen LogP) is 3.50. The minimum atomic E-state index is 0.461. The van der Waals surface area contributed by atoms with E-state index in [2.05, 4.69) is 32.5 Å². The van der Waals surface area contributed by atoms with E-state index in [4.69, 9.17) is 12.2 Å². The first-order chi connectivity index (χ1) is 10.7. The second-order valence-electron chi connectivity index (χ2n) is 4.90. The highest BCUT2D eigenvalue weighted by Crippen LogP contribution is 2.18. The lowest BCUT2D eigenvalue weighted by Crippen LogP contribution is -2.23. The summed E-state index contributed by atoms with van der Waals surface area (Å²) in [6.07, 6.45) is 3.82. The van der Waals surface area contributed by atoms with Gasteiger partial charge in [-0.3, -0.25) is 5.43 Å². The molecule has 0 aliphatic heterocycles. The number of nitrogens with zero attached hydrogens (tertiary/aromatic N) is 2. The fraction of sp³-hybridized carbons (Fsp3) is 0.0588. The van der Waals surface area contributed by atoms with Gasteiger partial charge in [0.1, 0.15) is 0 Å². The Labute approximate surface area is 134 Å². The van der Waals surface area contributed by atoms with Crippen LogP contribution >= 0.6 is 12.2 Å². The quantitative estimate of drug-likeness (QED) is 0.442. The van der Waals surface area contributed by atoms with Crippen LogP contribution in [0.4, 0.5) is 5.69 Å². The number of fused-ring (bicyclic) bond motifs is 1.